The van der Waals surface area contributed by atoms with Crippen molar-refractivity contribution in [3.05, 3.63) is 0 Å². The Morgan fingerprint density at radius 2 is 2.19 bits per heavy atom. The topological polar surface area (TPSA) is 35.6 Å². The zero-order valence-electron chi connectivity index (χ0n) is 11.0. The van der Waals surface area contributed by atoms with Crippen molar-refractivity contribution in [3.8, 4) is 0 Å². The Hall–Kier alpha value is -0.610. The Balaban J connectivity index is 2.35. The molecule has 16 heavy (non-hydrogen) atoms. The maximum absolute atomic E-state index is 12.0. The van der Waals surface area contributed by atoms with Gasteiger partial charge in [-0.25, -0.2) is 0 Å². The fourth-order valence-electron chi connectivity index (χ4n) is 2.21. The van der Waals surface area contributed by atoms with Crippen molar-refractivity contribution in [1.82, 2.24) is 15.1 Å². The second-order valence-corrected chi connectivity index (χ2v) is 5.08. The van der Waals surface area contributed by atoms with Crippen molar-refractivity contribution < 1.29 is 4.79 Å². The maximum Gasteiger partial charge on any atom is 0.237 e. The van der Waals surface area contributed by atoms with Gasteiger partial charge in [0.25, 0.3) is 0 Å². The summed E-state index contributed by atoms with van der Waals surface area (Å²) in [5.74, 6) is 0.202. The summed E-state index contributed by atoms with van der Waals surface area (Å²) in [5, 5.41) is 3.02. The van der Waals surface area contributed by atoms with Gasteiger partial charge in [0.05, 0.1) is 6.04 Å². The van der Waals surface area contributed by atoms with E-state index in [1.165, 1.54) is 0 Å². The Bertz CT molecular complexity index is 228. The Morgan fingerprint density at radius 1 is 1.50 bits per heavy atom. The molecule has 1 rings (SSSR count). The van der Waals surface area contributed by atoms with Crippen LogP contribution in [0.2, 0.25) is 0 Å². The lowest BCUT2D eigenvalue weighted by atomic mass is 10.2. The van der Waals surface area contributed by atoms with E-state index in [4.69, 9.17) is 0 Å². The molecule has 0 aliphatic carbocycles. The number of likely N-dealkylation sites (N-methyl/N-ethyl adjacent to an activating group) is 1. The average molecular weight is 227 g/mol. The van der Waals surface area contributed by atoms with Crippen molar-refractivity contribution in [1.29, 1.82) is 0 Å². The third kappa shape index (κ3) is 3.76. The van der Waals surface area contributed by atoms with Crippen LogP contribution in [-0.2, 0) is 4.79 Å². The molecule has 1 atom stereocenters. The molecule has 0 bridgehead atoms. The smallest absolute Gasteiger partial charge is 0.237 e. The predicted octanol–water partition coefficient (Wildman–Crippen LogP) is 0.537. The van der Waals surface area contributed by atoms with E-state index in [0.29, 0.717) is 6.04 Å². The Kier molecular flexibility index (Phi) is 5.22. The Morgan fingerprint density at radius 3 is 2.75 bits per heavy atom. The van der Waals surface area contributed by atoms with E-state index in [1.54, 1.807) is 0 Å². The van der Waals surface area contributed by atoms with Crippen LogP contribution in [0.4, 0.5) is 0 Å². The van der Waals surface area contributed by atoms with Gasteiger partial charge in [0.1, 0.15) is 0 Å². The normalized spacial score (nSPS) is 22.0. The third-order valence-corrected chi connectivity index (χ3v) is 3.12. The minimum absolute atomic E-state index is 0.0992. The van der Waals surface area contributed by atoms with Crippen LogP contribution in [0.1, 0.15) is 26.7 Å². The van der Waals surface area contributed by atoms with Crippen LogP contribution in [0.3, 0.4) is 0 Å². The number of hydrogen-bond donors (Lipinski definition) is 1. The van der Waals surface area contributed by atoms with Gasteiger partial charge in [-0.2, -0.15) is 0 Å². The zero-order valence-corrected chi connectivity index (χ0v) is 11.0. The molecule has 4 heteroatoms. The van der Waals surface area contributed by atoms with Crippen LogP contribution in [0, 0.1) is 0 Å². The summed E-state index contributed by atoms with van der Waals surface area (Å²) in [5.41, 5.74) is 0. The molecule has 0 saturated carbocycles. The SMILES string of the molecule is CC(C)N1CCC[C@@H]1C(=O)NCCN(C)C. The molecule has 0 aromatic heterocycles. The van der Waals surface area contributed by atoms with Gasteiger partial charge in [0.15, 0.2) is 0 Å². The van der Waals surface area contributed by atoms with Gasteiger partial charge in [0.2, 0.25) is 5.91 Å². The lowest BCUT2D eigenvalue weighted by Gasteiger charge is -2.27. The summed E-state index contributed by atoms with van der Waals surface area (Å²) < 4.78 is 0. The molecule has 1 fully saturated rings. The number of rotatable bonds is 5. The summed E-state index contributed by atoms with van der Waals surface area (Å²) in [7, 11) is 4.03. The summed E-state index contributed by atoms with van der Waals surface area (Å²) in [6, 6.07) is 0.564. The lowest BCUT2D eigenvalue weighted by molar-refractivity contribution is -0.126. The van der Waals surface area contributed by atoms with Crippen LogP contribution >= 0.6 is 0 Å². The molecule has 0 aromatic rings. The highest BCUT2D eigenvalue weighted by Crippen LogP contribution is 2.19. The number of nitrogens with one attached hydrogen (secondary N) is 1. The van der Waals surface area contributed by atoms with E-state index in [0.717, 1.165) is 32.5 Å². The van der Waals surface area contributed by atoms with Crippen molar-refractivity contribution in [3.63, 3.8) is 0 Å². The highest BCUT2D eigenvalue weighted by atomic mass is 16.2. The van der Waals surface area contributed by atoms with Crippen LogP contribution in [-0.4, -0.2) is 61.5 Å². The molecule has 1 N–H and O–H groups in total. The monoisotopic (exact) mass is 227 g/mol. The highest BCUT2D eigenvalue weighted by Gasteiger charge is 2.31. The summed E-state index contributed by atoms with van der Waals surface area (Å²) in [4.78, 5) is 16.3. The van der Waals surface area contributed by atoms with E-state index in [2.05, 4.69) is 29.0 Å². The molecule has 1 aliphatic rings. The number of amides is 1. The number of nitrogens with zero attached hydrogens (tertiary/aromatic N) is 2. The molecule has 1 heterocycles. The van der Waals surface area contributed by atoms with Gasteiger partial charge in [-0.15, -0.1) is 0 Å². The molecular weight excluding hydrogens is 202 g/mol. The quantitative estimate of drug-likeness (QED) is 0.744. The van der Waals surface area contributed by atoms with Crippen molar-refractivity contribution in [2.24, 2.45) is 0 Å². The van der Waals surface area contributed by atoms with E-state index >= 15 is 0 Å². The van der Waals surface area contributed by atoms with Crippen LogP contribution in [0.15, 0.2) is 0 Å². The van der Waals surface area contributed by atoms with E-state index in [9.17, 15) is 4.79 Å². The number of carbonyl (C=O) groups excluding carboxylic acids is 1. The fraction of sp³-hybridized carbons (Fsp3) is 0.917. The van der Waals surface area contributed by atoms with Gasteiger partial charge in [-0.05, 0) is 47.3 Å². The first kappa shape index (κ1) is 13.5. The molecule has 4 nitrogen and oxygen atoms in total. The molecule has 1 amide bonds. The van der Waals surface area contributed by atoms with Crippen LogP contribution in [0.25, 0.3) is 0 Å². The first-order valence-corrected chi connectivity index (χ1v) is 6.20. The number of likely N-dealkylation sites (tertiary alicyclic amines) is 1. The van der Waals surface area contributed by atoms with Crippen molar-refractivity contribution >= 4 is 5.91 Å². The van der Waals surface area contributed by atoms with Gasteiger partial charge < -0.3 is 10.2 Å². The number of hydrogen-bond acceptors (Lipinski definition) is 3. The standard InChI is InChI=1S/C12H25N3O/c1-10(2)15-8-5-6-11(15)12(16)13-7-9-14(3)4/h10-11H,5-9H2,1-4H3,(H,13,16)/t11-/m1/s1. The molecule has 0 aromatic carbocycles. The lowest BCUT2D eigenvalue weighted by Crippen LogP contribution is -2.47. The average Bonchev–Trinajstić information content (AvgIpc) is 2.65. The van der Waals surface area contributed by atoms with Crippen molar-refractivity contribution in [2.45, 2.75) is 38.8 Å². The molecule has 0 radical (unpaired) electrons. The molecule has 0 unspecified atom stereocenters. The van der Waals surface area contributed by atoms with Gasteiger partial charge in [-0.1, -0.05) is 0 Å². The first-order chi connectivity index (χ1) is 7.52. The third-order valence-electron chi connectivity index (χ3n) is 3.12. The van der Waals surface area contributed by atoms with Gasteiger partial charge >= 0.3 is 0 Å². The van der Waals surface area contributed by atoms with Crippen LogP contribution in [0.5, 0.6) is 0 Å². The zero-order chi connectivity index (χ0) is 12.1. The molecule has 0 spiro atoms. The molecule has 1 aliphatic heterocycles. The summed E-state index contributed by atoms with van der Waals surface area (Å²) in [6.07, 6.45) is 2.15. The Labute approximate surface area is 99.0 Å². The largest absolute Gasteiger partial charge is 0.353 e. The van der Waals surface area contributed by atoms with Crippen molar-refractivity contribution in [2.75, 3.05) is 33.7 Å². The van der Waals surface area contributed by atoms with E-state index < -0.39 is 0 Å². The second-order valence-electron chi connectivity index (χ2n) is 5.08. The second kappa shape index (κ2) is 6.21. The van der Waals surface area contributed by atoms with Gasteiger partial charge in [0, 0.05) is 19.1 Å². The number of carbonyl (C=O) groups is 1. The van der Waals surface area contributed by atoms with Crippen LogP contribution < -0.4 is 5.32 Å². The predicted molar refractivity (Wildman–Crippen MR) is 66.4 cm³/mol. The summed E-state index contributed by atoms with van der Waals surface area (Å²) in [6.45, 7) is 7.02. The first-order valence-electron chi connectivity index (χ1n) is 6.20. The minimum Gasteiger partial charge on any atom is -0.353 e. The van der Waals surface area contributed by atoms with Gasteiger partial charge in [-0.3, -0.25) is 9.69 Å². The summed E-state index contributed by atoms with van der Waals surface area (Å²) >= 11 is 0. The minimum atomic E-state index is 0.0992. The van der Waals surface area contributed by atoms with E-state index in [-0.39, 0.29) is 11.9 Å². The molecule has 94 valence electrons. The molecular formula is C12H25N3O. The fourth-order valence-corrected chi connectivity index (χ4v) is 2.21. The maximum atomic E-state index is 12.0. The van der Waals surface area contributed by atoms with E-state index in [1.807, 2.05) is 14.1 Å². The highest BCUT2D eigenvalue weighted by molar-refractivity contribution is 5.82. The molecule has 1 saturated heterocycles.